The molecule has 0 heterocycles. The molecule has 0 aliphatic rings. The molecular formula is C20H24FN3O3. The van der Waals surface area contributed by atoms with Crippen LogP contribution >= 0.6 is 0 Å². The molecule has 0 saturated carbocycles. The minimum Gasteiger partial charge on any atom is -0.497 e. The Morgan fingerprint density at radius 1 is 1.15 bits per heavy atom. The monoisotopic (exact) mass is 373 g/mol. The predicted octanol–water partition coefficient (Wildman–Crippen LogP) is 3.79. The third-order valence-corrected chi connectivity index (χ3v) is 3.84. The molecule has 0 fully saturated rings. The van der Waals surface area contributed by atoms with Crippen molar-refractivity contribution in [2.24, 2.45) is 0 Å². The van der Waals surface area contributed by atoms with Gasteiger partial charge in [-0.25, -0.2) is 9.18 Å². The number of anilines is 2. The van der Waals surface area contributed by atoms with Gasteiger partial charge in [0.2, 0.25) is 5.91 Å². The molecule has 0 atom stereocenters. The Kier molecular flexibility index (Phi) is 7.61. The minimum absolute atomic E-state index is 0.0650. The Balaban J connectivity index is 2.11. The second-order valence-electron chi connectivity index (χ2n) is 5.89. The number of carbonyl (C=O) groups is 2. The Morgan fingerprint density at radius 2 is 1.89 bits per heavy atom. The van der Waals surface area contributed by atoms with E-state index in [1.807, 2.05) is 6.92 Å². The molecule has 0 bridgehead atoms. The first-order chi connectivity index (χ1) is 13.0. The molecule has 0 radical (unpaired) electrons. The first-order valence-electron chi connectivity index (χ1n) is 8.78. The van der Waals surface area contributed by atoms with E-state index in [9.17, 15) is 14.0 Å². The second-order valence-corrected chi connectivity index (χ2v) is 5.89. The molecule has 144 valence electrons. The highest BCUT2D eigenvalue weighted by Crippen LogP contribution is 2.19. The zero-order valence-corrected chi connectivity index (χ0v) is 15.5. The molecule has 0 aromatic heterocycles. The number of rotatable bonds is 8. The van der Waals surface area contributed by atoms with Crippen molar-refractivity contribution in [1.29, 1.82) is 0 Å². The van der Waals surface area contributed by atoms with Gasteiger partial charge >= 0.3 is 6.03 Å². The minimum atomic E-state index is -0.389. The van der Waals surface area contributed by atoms with Gasteiger partial charge < -0.3 is 15.4 Å². The molecule has 6 nitrogen and oxygen atoms in total. The maximum atomic E-state index is 13.2. The number of benzene rings is 2. The highest BCUT2D eigenvalue weighted by atomic mass is 19.1. The number of carbonyl (C=O) groups excluding carboxylic acids is 2. The van der Waals surface area contributed by atoms with Crippen molar-refractivity contribution in [3.05, 3.63) is 54.3 Å². The summed E-state index contributed by atoms with van der Waals surface area (Å²) in [6.07, 6.45) is 1.19. The van der Waals surface area contributed by atoms with Gasteiger partial charge in [0.15, 0.2) is 0 Å². The fourth-order valence-corrected chi connectivity index (χ4v) is 2.48. The number of nitrogens with zero attached hydrogens (tertiary/aromatic N) is 1. The molecule has 0 saturated heterocycles. The van der Waals surface area contributed by atoms with Crippen molar-refractivity contribution in [3.63, 3.8) is 0 Å². The van der Waals surface area contributed by atoms with E-state index in [0.29, 0.717) is 30.1 Å². The number of hydrogen-bond donors (Lipinski definition) is 2. The molecular weight excluding hydrogens is 349 g/mol. The van der Waals surface area contributed by atoms with Gasteiger partial charge in [0.1, 0.15) is 11.6 Å². The van der Waals surface area contributed by atoms with Gasteiger partial charge in [-0.15, -0.1) is 0 Å². The fraction of sp³-hybridized carbons (Fsp3) is 0.300. The molecule has 2 aromatic rings. The smallest absolute Gasteiger partial charge is 0.326 e. The standard InChI is InChI=1S/C20H24FN3O3/c1-3-5-19(25)22-12-13-24(17-10-8-15(21)9-11-17)20(26)23-16-6-4-7-18(14-16)27-2/h4,6-11,14H,3,5,12-13H2,1-2H3,(H,22,25)(H,23,26). The van der Waals surface area contributed by atoms with Gasteiger partial charge in [-0.2, -0.15) is 0 Å². The molecule has 0 aliphatic heterocycles. The average Bonchev–Trinajstić information content (AvgIpc) is 2.66. The molecule has 2 N–H and O–H groups in total. The van der Waals surface area contributed by atoms with Gasteiger partial charge in [0.05, 0.1) is 7.11 Å². The summed E-state index contributed by atoms with van der Waals surface area (Å²) in [5, 5.41) is 5.57. The Morgan fingerprint density at radius 3 is 2.56 bits per heavy atom. The highest BCUT2D eigenvalue weighted by Gasteiger charge is 2.16. The van der Waals surface area contributed by atoms with Crippen molar-refractivity contribution in [3.8, 4) is 5.75 Å². The summed E-state index contributed by atoms with van der Waals surface area (Å²) < 4.78 is 18.4. The number of halogens is 1. The lowest BCUT2D eigenvalue weighted by Gasteiger charge is -2.23. The summed E-state index contributed by atoms with van der Waals surface area (Å²) in [5.41, 5.74) is 1.10. The van der Waals surface area contributed by atoms with Gasteiger partial charge in [0, 0.05) is 37.0 Å². The van der Waals surface area contributed by atoms with Crippen LogP contribution in [0.4, 0.5) is 20.6 Å². The Bertz CT molecular complexity index is 765. The van der Waals surface area contributed by atoms with Crippen LogP contribution in [0.15, 0.2) is 48.5 Å². The molecule has 2 aromatic carbocycles. The quantitative estimate of drug-likeness (QED) is 0.740. The third kappa shape index (κ3) is 6.29. The summed E-state index contributed by atoms with van der Waals surface area (Å²) in [6, 6.07) is 12.2. The molecule has 27 heavy (non-hydrogen) atoms. The second kappa shape index (κ2) is 10.2. The molecule has 7 heteroatoms. The lowest BCUT2D eigenvalue weighted by atomic mass is 10.2. The lowest BCUT2D eigenvalue weighted by Crippen LogP contribution is -2.41. The van der Waals surface area contributed by atoms with Crippen LogP contribution in [-0.2, 0) is 4.79 Å². The Labute approximate surface area is 158 Å². The van der Waals surface area contributed by atoms with Gasteiger partial charge in [-0.05, 0) is 42.8 Å². The average molecular weight is 373 g/mol. The topological polar surface area (TPSA) is 70.7 Å². The van der Waals surface area contributed by atoms with E-state index in [1.165, 1.54) is 29.2 Å². The summed E-state index contributed by atoms with van der Waals surface area (Å²) in [6.45, 7) is 2.46. The van der Waals surface area contributed by atoms with Crippen LogP contribution in [-0.4, -0.2) is 32.1 Å². The summed E-state index contributed by atoms with van der Waals surface area (Å²) in [7, 11) is 1.55. The summed E-state index contributed by atoms with van der Waals surface area (Å²) >= 11 is 0. The highest BCUT2D eigenvalue weighted by molar-refractivity contribution is 6.01. The van der Waals surface area contributed by atoms with Gasteiger partial charge in [0.25, 0.3) is 0 Å². The van der Waals surface area contributed by atoms with Crippen LogP contribution in [0.3, 0.4) is 0 Å². The van der Waals surface area contributed by atoms with Crippen LogP contribution in [0.1, 0.15) is 19.8 Å². The van der Waals surface area contributed by atoms with Crippen LogP contribution in [0.5, 0.6) is 5.75 Å². The van der Waals surface area contributed by atoms with Crippen molar-refractivity contribution in [2.75, 3.05) is 30.4 Å². The summed E-state index contributed by atoms with van der Waals surface area (Å²) in [4.78, 5) is 25.9. The number of nitrogens with one attached hydrogen (secondary N) is 2. The zero-order valence-electron chi connectivity index (χ0n) is 15.5. The van der Waals surface area contributed by atoms with E-state index in [2.05, 4.69) is 10.6 Å². The van der Waals surface area contributed by atoms with E-state index < -0.39 is 0 Å². The first kappa shape index (κ1) is 20.2. The number of hydrogen-bond acceptors (Lipinski definition) is 3. The van der Waals surface area contributed by atoms with Gasteiger partial charge in [-0.3, -0.25) is 9.69 Å². The fourth-order valence-electron chi connectivity index (χ4n) is 2.48. The molecule has 0 aliphatic carbocycles. The maximum absolute atomic E-state index is 13.2. The molecule has 3 amide bonds. The number of methoxy groups -OCH3 is 1. The zero-order chi connectivity index (χ0) is 19.6. The van der Waals surface area contributed by atoms with Crippen LogP contribution < -0.4 is 20.3 Å². The predicted molar refractivity (Wildman–Crippen MR) is 104 cm³/mol. The molecule has 0 unspecified atom stereocenters. The molecule has 0 spiro atoms. The molecule has 2 rings (SSSR count). The van der Waals surface area contributed by atoms with Crippen molar-refractivity contribution in [2.45, 2.75) is 19.8 Å². The Hall–Kier alpha value is -3.09. The van der Waals surface area contributed by atoms with Crippen molar-refractivity contribution >= 4 is 23.3 Å². The number of urea groups is 1. The number of amides is 3. The lowest BCUT2D eigenvalue weighted by molar-refractivity contribution is -0.121. The van der Waals surface area contributed by atoms with E-state index in [0.717, 1.165) is 6.42 Å². The van der Waals surface area contributed by atoms with Crippen LogP contribution in [0.2, 0.25) is 0 Å². The van der Waals surface area contributed by atoms with E-state index in [-0.39, 0.29) is 24.3 Å². The van der Waals surface area contributed by atoms with Crippen molar-refractivity contribution in [1.82, 2.24) is 5.32 Å². The van der Waals surface area contributed by atoms with Gasteiger partial charge in [-0.1, -0.05) is 13.0 Å². The normalized spacial score (nSPS) is 10.2. The van der Waals surface area contributed by atoms with Crippen LogP contribution in [0, 0.1) is 5.82 Å². The largest absolute Gasteiger partial charge is 0.497 e. The van der Waals surface area contributed by atoms with E-state index in [1.54, 1.807) is 31.4 Å². The van der Waals surface area contributed by atoms with Crippen molar-refractivity contribution < 1.29 is 18.7 Å². The van der Waals surface area contributed by atoms with Crippen LogP contribution in [0.25, 0.3) is 0 Å². The SMILES string of the molecule is CCCC(=O)NCCN(C(=O)Nc1cccc(OC)c1)c1ccc(F)cc1. The third-order valence-electron chi connectivity index (χ3n) is 3.84. The van der Waals surface area contributed by atoms with E-state index in [4.69, 9.17) is 4.74 Å². The van der Waals surface area contributed by atoms with E-state index >= 15 is 0 Å². The maximum Gasteiger partial charge on any atom is 0.326 e. The summed E-state index contributed by atoms with van der Waals surface area (Å²) in [5.74, 6) is 0.167. The first-order valence-corrected chi connectivity index (χ1v) is 8.78. The number of ether oxygens (including phenoxy) is 1.